The molecule has 1 amide bonds. The van der Waals surface area contributed by atoms with Gasteiger partial charge in [0.15, 0.2) is 0 Å². The molecule has 0 radical (unpaired) electrons. The zero-order valence-corrected chi connectivity index (χ0v) is 13.6. The van der Waals surface area contributed by atoms with E-state index in [0.717, 1.165) is 10.9 Å². The molecule has 104 valence electrons. The number of carbonyl (C=O) groups excluding carboxylic acids is 1. The van der Waals surface area contributed by atoms with E-state index in [1.54, 1.807) is 18.2 Å². The fraction of sp³-hybridized carbons (Fsp3) is 0.133. The molecule has 0 aliphatic carbocycles. The predicted octanol–water partition coefficient (Wildman–Crippen LogP) is 4.82. The molecule has 0 spiro atoms. The van der Waals surface area contributed by atoms with Crippen LogP contribution in [0.15, 0.2) is 42.5 Å². The number of nitrogens with one attached hydrogen (secondary N) is 1. The fourth-order valence-electron chi connectivity index (χ4n) is 1.77. The van der Waals surface area contributed by atoms with Gasteiger partial charge in [0.2, 0.25) is 0 Å². The Bertz CT molecular complexity index is 631. The van der Waals surface area contributed by atoms with Crippen molar-refractivity contribution in [2.45, 2.75) is 11.9 Å². The minimum absolute atomic E-state index is 0.212. The van der Waals surface area contributed by atoms with Crippen LogP contribution in [-0.2, 0) is 11.9 Å². The molecule has 0 aromatic heterocycles. The summed E-state index contributed by atoms with van der Waals surface area (Å²) >= 11 is 15.2. The molecule has 0 atom stereocenters. The van der Waals surface area contributed by atoms with E-state index in [1.807, 2.05) is 24.3 Å². The maximum absolute atomic E-state index is 12.1. The van der Waals surface area contributed by atoms with Gasteiger partial charge in [-0.25, -0.2) is 0 Å². The van der Waals surface area contributed by atoms with E-state index in [-0.39, 0.29) is 5.91 Å². The minimum Gasteiger partial charge on any atom is -0.348 e. The molecular formula is C15H12BrCl2NO. The lowest BCUT2D eigenvalue weighted by molar-refractivity contribution is 0.0951. The van der Waals surface area contributed by atoms with Crippen LogP contribution in [0.3, 0.4) is 0 Å². The summed E-state index contributed by atoms with van der Waals surface area (Å²) in [5.41, 5.74) is 2.63. The highest BCUT2D eigenvalue weighted by Crippen LogP contribution is 2.21. The highest BCUT2D eigenvalue weighted by molar-refractivity contribution is 9.08. The van der Waals surface area contributed by atoms with Crippen molar-refractivity contribution in [2.75, 3.05) is 0 Å². The van der Waals surface area contributed by atoms with Crippen molar-refractivity contribution in [3.63, 3.8) is 0 Å². The maximum atomic E-state index is 12.1. The lowest BCUT2D eigenvalue weighted by atomic mass is 10.1. The average molecular weight is 373 g/mol. The molecule has 2 nitrogen and oxygen atoms in total. The summed E-state index contributed by atoms with van der Waals surface area (Å²) in [7, 11) is 0. The molecule has 1 N–H and O–H groups in total. The third kappa shape index (κ3) is 3.98. The third-order valence-electron chi connectivity index (χ3n) is 2.77. The van der Waals surface area contributed by atoms with Crippen LogP contribution < -0.4 is 5.32 Å². The number of amides is 1. The van der Waals surface area contributed by atoms with E-state index >= 15 is 0 Å². The molecule has 20 heavy (non-hydrogen) atoms. The topological polar surface area (TPSA) is 29.1 Å². The van der Waals surface area contributed by atoms with Crippen LogP contribution in [0, 0.1) is 0 Å². The van der Waals surface area contributed by atoms with Gasteiger partial charge in [0.1, 0.15) is 0 Å². The van der Waals surface area contributed by atoms with Crippen molar-refractivity contribution in [2.24, 2.45) is 0 Å². The van der Waals surface area contributed by atoms with Crippen molar-refractivity contribution >= 4 is 45.0 Å². The van der Waals surface area contributed by atoms with E-state index < -0.39 is 0 Å². The first-order chi connectivity index (χ1) is 9.60. The first-order valence-electron chi connectivity index (χ1n) is 5.97. The molecule has 0 saturated carbocycles. The van der Waals surface area contributed by atoms with Crippen LogP contribution >= 0.6 is 39.1 Å². The van der Waals surface area contributed by atoms with Crippen LogP contribution in [-0.4, -0.2) is 5.91 Å². The zero-order valence-electron chi connectivity index (χ0n) is 10.5. The van der Waals surface area contributed by atoms with E-state index in [0.29, 0.717) is 22.2 Å². The highest BCUT2D eigenvalue weighted by Gasteiger charge is 2.10. The van der Waals surface area contributed by atoms with Crippen molar-refractivity contribution in [1.82, 2.24) is 5.32 Å². The van der Waals surface area contributed by atoms with Gasteiger partial charge in [0, 0.05) is 16.9 Å². The van der Waals surface area contributed by atoms with Crippen molar-refractivity contribution in [1.29, 1.82) is 0 Å². The summed E-state index contributed by atoms with van der Waals surface area (Å²) in [6.07, 6.45) is 0. The third-order valence-corrected chi connectivity index (χ3v) is 3.97. The lowest BCUT2D eigenvalue weighted by Gasteiger charge is -2.08. The number of hydrogen-bond donors (Lipinski definition) is 1. The second kappa shape index (κ2) is 7.11. The van der Waals surface area contributed by atoms with Gasteiger partial charge in [-0.1, -0.05) is 63.4 Å². The SMILES string of the molecule is O=C(NCc1cccc(CBr)c1)c1ccc(Cl)cc1Cl. The summed E-state index contributed by atoms with van der Waals surface area (Å²) < 4.78 is 0. The maximum Gasteiger partial charge on any atom is 0.253 e. The number of benzene rings is 2. The second-order valence-corrected chi connectivity index (χ2v) is 5.66. The molecule has 2 rings (SSSR count). The number of halogens is 3. The Kier molecular flexibility index (Phi) is 5.46. The van der Waals surface area contributed by atoms with Crippen LogP contribution in [0.2, 0.25) is 10.0 Å². The monoisotopic (exact) mass is 371 g/mol. The van der Waals surface area contributed by atoms with E-state index in [2.05, 4.69) is 21.2 Å². The molecule has 0 heterocycles. The van der Waals surface area contributed by atoms with Gasteiger partial charge in [-0.2, -0.15) is 0 Å². The largest absolute Gasteiger partial charge is 0.348 e. The quantitative estimate of drug-likeness (QED) is 0.766. The van der Waals surface area contributed by atoms with Gasteiger partial charge in [0.25, 0.3) is 5.91 Å². The number of hydrogen-bond acceptors (Lipinski definition) is 1. The van der Waals surface area contributed by atoms with E-state index in [9.17, 15) is 4.79 Å². The summed E-state index contributed by atoms with van der Waals surface area (Å²) in [6.45, 7) is 0.457. The number of alkyl halides is 1. The summed E-state index contributed by atoms with van der Waals surface area (Å²) in [4.78, 5) is 12.1. The lowest BCUT2D eigenvalue weighted by Crippen LogP contribution is -2.23. The van der Waals surface area contributed by atoms with Crippen LogP contribution in [0.5, 0.6) is 0 Å². The molecule has 0 aliphatic rings. The Labute approximate surface area is 136 Å². The molecular weight excluding hydrogens is 361 g/mol. The molecule has 2 aromatic rings. The molecule has 0 fully saturated rings. The smallest absolute Gasteiger partial charge is 0.253 e. The normalized spacial score (nSPS) is 10.3. The summed E-state index contributed by atoms with van der Waals surface area (Å²) in [6, 6.07) is 12.8. The molecule has 0 unspecified atom stereocenters. The summed E-state index contributed by atoms with van der Waals surface area (Å²) in [5, 5.41) is 4.50. The molecule has 0 bridgehead atoms. The van der Waals surface area contributed by atoms with Gasteiger partial charge in [-0.15, -0.1) is 0 Å². The Morgan fingerprint density at radius 3 is 2.55 bits per heavy atom. The van der Waals surface area contributed by atoms with Crippen molar-refractivity contribution in [3.8, 4) is 0 Å². The Balaban J connectivity index is 2.04. The molecule has 0 saturated heterocycles. The molecule has 2 aromatic carbocycles. The minimum atomic E-state index is -0.212. The Hall–Kier alpha value is -1.03. The van der Waals surface area contributed by atoms with Gasteiger partial charge in [0.05, 0.1) is 10.6 Å². The van der Waals surface area contributed by atoms with Crippen molar-refractivity contribution in [3.05, 3.63) is 69.2 Å². The summed E-state index contributed by atoms with van der Waals surface area (Å²) in [5.74, 6) is -0.212. The fourth-order valence-corrected chi connectivity index (χ4v) is 2.62. The number of carbonyl (C=O) groups is 1. The van der Waals surface area contributed by atoms with Crippen LogP contribution in [0.1, 0.15) is 21.5 Å². The zero-order chi connectivity index (χ0) is 14.5. The molecule has 0 aliphatic heterocycles. The Morgan fingerprint density at radius 2 is 1.85 bits per heavy atom. The van der Waals surface area contributed by atoms with Crippen molar-refractivity contribution < 1.29 is 4.79 Å². The van der Waals surface area contributed by atoms with E-state index in [1.165, 1.54) is 5.56 Å². The predicted molar refractivity (Wildman–Crippen MR) is 86.7 cm³/mol. The second-order valence-electron chi connectivity index (χ2n) is 4.26. The first-order valence-corrected chi connectivity index (χ1v) is 7.85. The average Bonchev–Trinajstić information content (AvgIpc) is 2.45. The molecule has 5 heteroatoms. The van der Waals surface area contributed by atoms with Gasteiger partial charge in [-0.3, -0.25) is 4.79 Å². The van der Waals surface area contributed by atoms with E-state index in [4.69, 9.17) is 23.2 Å². The van der Waals surface area contributed by atoms with Gasteiger partial charge < -0.3 is 5.32 Å². The standard InChI is InChI=1S/C15H12BrCl2NO/c16-8-10-2-1-3-11(6-10)9-19-15(20)13-5-4-12(17)7-14(13)18/h1-7H,8-9H2,(H,19,20). The van der Waals surface area contributed by atoms with Crippen LogP contribution in [0.25, 0.3) is 0 Å². The number of rotatable bonds is 4. The van der Waals surface area contributed by atoms with Gasteiger partial charge >= 0.3 is 0 Å². The first kappa shape index (κ1) is 15.4. The highest BCUT2D eigenvalue weighted by atomic mass is 79.9. The van der Waals surface area contributed by atoms with Gasteiger partial charge in [-0.05, 0) is 29.3 Å². The van der Waals surface area contributed by atoms with Crippen LogP contribution in [0.4, 0.5) is 0 Å². The Morgan fingerprint density at radius 1 is 1.10 bits per heavy atom.